The molecule has 1 fully saturated rings. The first-order chi connectivity index (χ1) is 9.84. The Bertz CT molecular complexity index is 531. The second kappa shape index (κ2) is 5.83. The molecule has 0 saturated carbocycles. The lowest BCUT2D eigenvalue weighted by Gasteiger charge is -2.38. The molecular formula is C14H17F3N2O2. The summed E-state index contributed by atoms with van der Waals surface area (Å²) in [5.41, 5.74) is 6.28. The van der Waals surface area contributed by atoms with Crippen molar-refractivity contribution in [1.82, 2.24) is 0 Å². The predicted molar refractivity (Wildman–Crippen MR) is 73.2 cm³/mol. The van der Waals surface area contributed by atoms with Gasteiger partial charge in [0.1, 0.15) is 6.04 Å². The highest BCUT2D eigenvalue weighted by Crippen LogP contribution is 2.36. The van der Waals surface area contributed by atoms with Gasteiger partial charge in [-0.15, -0.1) is 0 Å². The molecule has 21 heavy (non-hydrogen) atoms. The predicted octanol–water partition coefficient (Wildman–Crippen LogP) is 2.98. The van der Waals surface area contributed by atoms with Crippen molar-refractivity contribution in [1.29, 1.82) is 0 Å². The SMILES string of the molecule is COC(=O)c1cc(N2CCCCC2C(F)(F)F)ccc1N. The van der Waals surface area contributed by atoms with Gasteiger partial charge in [-0.25, -0.2) is 4.79 Å². The minimum Gasteiger partial charge on any atom is -0.465 e. The van der Waals surface area contributed by atoms with E-state index in [0.717, 1.165) is 0 Å². The quantitative estimate of drug-likeness (QED) is 0.674. The number of ether oxygens (including phenoxy) is 1. The Kier molecular flexibility index (Phi) is 4.29. The number of carbonyl (C=O) groups is 1. The summed E-state index contributed by atoms with van der Waals surface area (Å²) in [7, 11) is 1.20. The molecule has 2 rings (SSSR count). The van der Waals surface area contributed by atoms with Crippen molar-refractivity contribution in [2.75, 3.05) is 24.3 Å². The van der Waals surface area contributed by atoms with Crippen LogP contribution in [0.5, 0.6) is 0 Å². The number of nitrogens with zero attached hydrogens (tertiary/aromatic N) is 1. The van der Waals surface area contributed by atoms with Gasteiger partial charge in [-0.1, -0.05) is 0 Å². The third-order valence-corrected chi connectivity index (χ3v) is 3.65. The maximum atomic E-state index is 13.1. The van der Waals surface area contributed by atoms with Crippen LogP contribution in [0, 0.1) is 0 Å². The van der Waals surface area contributed by atoms with E-state index in [1.165, 1.54) is 30.2 Å². The van der Waals surface area contributed by atoms with Crippen LogP contribution in [0.2, 0.25) is 0 Å². The van der Waals surface area contributed by atoms with Crippen LogP contribution in [-0.2, 0) is 4.74 Å². The smallest absolute Gasteiger partial charge is 0.408 e. The Morgan fingerprint density at radius 2 is 2.10 bits per heavy atom. The van der Waals surface area contributed by atoms with Crippen LogP contribution in [0.25, 0.3) is 0 Å². The zero-order chi connectivity index (χ0) is 15.6. The van der Waals surface area contributed by atoms with E-state index in [1.807, 2.05) is 0 Å². The van der Waals surface area contributed by atoms with Gasteiger partial charge in [0.05, 0.1) is 12.7 Å². The normalized spacial score (nSPS) is 19.4. The highest BCUT2D eigenvalue weighted by Gasteiger charge is 2.44. The molecule has 0 amide bonds. The van der Waals surface area contributed by atoms with Gasteiger partial charge in [-0.3, -0.25) is 0 Å². The molecule has 116 valence electrons. The van der Waals surface area contributed by atoms with Crippen molar-refractivity contribution in [3.05, 3.63) is 23.8 Å². The molecule has 0 aromatic heterocycles. The molecular weight excluding hydrogens is 285 g/mol. The lowest BCUT2D eigenvalue weighted by molar-refractivity contribution is -0.152. The van der Waals surface area contributed by atoms with E-state index in [9.17, 15) is 18.0 Å². The fraction of sp³-hybridized carbons (Fsp3) is 0.500. The maximum absolute atomic E-state index is 13.1. The molecule has 1 aromatic carbocycles. The molecule has 1 aliphatic heterocycles. The van der Waals surface area contributed by atoms with Crippen LogP contribution >= 0.6 is 0 Å². The second-order valence-corrected chi connectivity index (χ2v) is 5.01. The van der Waals surface area contributed by atoms with Gasteiger partial charge in [-0.2, -0.15) is 13.2 Å². The Labute approximate surface area is 120 Å². The van der Waals surface area contributed by atoms with Crippen molar-refractivity contribution in [2.24, 2.45) is 0 Å². The van der Waals surface area contributed by atoms with Crippen LogP contribution in [-0.4, -0.2) is 31.8 Å². The summed E-state index contributed by atoms with van der Waals surface area (Å²) in [6.45, 7) is 0.300. The monoisotopic (exact) mass is 302 g/mol. The fourth-order valence-electron chi connectivity index (χ4n) is 2.59. The highest BCUT2D eigenvalue weighted by molar-refractivity contribution is 5.96. The molecule has 1 heterocycles. The molecule has 1 unspecified atom stereocenters. The number of benzene rings is 1. The third kappa shape index (κ3) is 3.22. The van der Waals surface area contributed by atoms with Crippen molar-refractivity contribution in [3.8, 4) is 0 Å². The lowest BCUT2D eigenvalue weighted by atomic mass is 10.00. The zero-order valence-corrected chi connectivity index (χ0v) is 11.6. The largest absolute Gasteiger partial charge is 0.465 e. The summed E-state index contributed by atoms with van der Waals surface area (Å²) >= 11 is 0. The number of nitrogen functional groups attached to an aromatic ring is 1. The molecule has 1 aromatic rings. The van der Waals surface area contributed by atoms with E-state index in [1.54, 1.807) is 0 Å². The Balaban J connectivity index is 2.37. The summed E-state index contributed by atoms with van der Waals surface area (Å²) < 4.78 is 44.0. The number of esters is 1. The Hall–Kier alpha value is -1.92. The molecule has 0 radical (unpaired) electrons. The third-order valence-electron chi connectivity index (χ3n) is 3.65. The van der Waals surface area contributed by atoms with Crippen molar-refractivity contribution in [3.63, 3.8) is 0 Å². The molecule has 2 N–H and O–H groups in total. The topological polar surface area (TPSA) is 55.6 Å². The first-order valence-electron chi connectivity index (χ1n) is 6.66. The zero-order valence-electron chi connectivity index (χ0n) is 11.6. The van der Waals surface area contributed by atoms with E-state index in [4.69, 9.17) is 5.73 Å². The summed E-state index contributed by atoms with van der Waals surface area (Å²) in [6.07, 6.45) is -3.02. The number of rotatable bonds is 2. The van der Waals surface area contributed by atoms with Crippen LogP contribution in [0.15, 0.2) is 18.2 Å². The maximum Gasteiger partial charge on any atom is 0.408 e. The molecule has 0 spiro atoms. The van der Waals surface area contributed by atoms with Gasteiger partial charge in [-0.05, 0) is 37.5 Å². The minimum atomic E-state index is -4.30. The van der Waals surface area contributed by atoms with Gasteiger partial charge < -0.3 is 15.4 Å². The summed E-state index contributed by atoms with van der Waals surface area (Å²) in [5.74, 6) is -0.657. The molecule has 1 saturated heterocycles. The number of hydrogen-bond acceptors (Lipinski definition) is 4. The van der Waals surface area contributed by atoms with Gasteiger partial charge in [0.25, 0.3) is 0 Å². The van der Waals surface area contributed by atoms with E-state index in [2.05, 4.69) is 4.74 Å². The summed E-state index contributed by atoms with van der Waals surface area (Å²) in [6, 6.07) is 2.78. The van der Waals surface area contributed by atoms with E-state index < -0.39 is 18.2 Å². The van der Waals surface area contributed by atoms with Gasteiger partial charge in [0.2, 0.25) is 0 Å². The van der Waals surface area contributed by atoms with Crippen molar-refractivity contribution < 1.29 is 22.7 Å². The molecule has 1 atom stereocenters. The van der Waals surface area contributed by atoms with Crippen LogP contribution in [0.3, 0.4) is 0 Å². The van der Waals surface area contributed by atoms with Crippen LogP contribution < -0.4 is 10.6 Å². The van der Waals surface area contributed by atoms with E-state index in [0.29, 0.717) is 25.1 Å². The number of anilines is 2. The fourth-order valence-corrected chi connectivity index (χ4v) is 2.59. The Morgan fingerprint density at radius 1 is 1.38 bits per heavy atom. The first kappa shape index (κ1) is 15.5. The molecule has 4 nitrogen and oxygen atoms in total. The molecule has 0 bridgehead atoms. The van der Waals surface area contributed by atoms with Gasteiger partial charge in [0.15, 0.2) is 0 Å². The van der Waals surface area contributed by atoms with Crippen LogP contribution in [0.4, 0.5) is 24.5 Å². The standard InChI is InChI=1S/C14H17F3N2O2/c1-21-13(20)10-8-9(5-6-11(10)18)19-7-3-2-4-12(19)14(15,16)17/h5-6,8,12H,2-4,7,18H2,1H3. The number of halogens is 3. The second-order valence-electron chi connectivity index (χ2n) is 5.01. The lowest BCUT2D eigenvalue weighted by Crippen LogP contribution is -2.48. The molecule has 7 heteroatoms. The highest BCUT2D eigenvalue weighted by atomic mass is 19.4. The number of alkyl halides is 3. The average molecular weight is 302 g/mol. The van der Waals surface area contributed by atoms with Gasteiger partial charge in [0, 0.05) is 17.9 Å². The number of piperidine rings is 1. The van der Waals surface area contributed by atoms with Crippen molar-refractivity contribution >= 4 is 17.3 Å². The summed E-state index contributed by atoms with van der Waals surface area (Å²) in [4.78, 5) is 12.9. The number of carbonyl (C=O) groups excluding carboxylic acids is 1. The van der Waals surface area contributed by atoms with Crippen molar-refractivity contribution in [2.45, 2.75) is 31.5 Å². The van der Waals surface area contributed by atoms with E-state index >= 15 is 0 Å². The summed E-state index contributed by atoms with van der Waals surface area (Å²) in [5, 5.41) is 0. The number of nitrogens with two attached hydrogens (primary N) is 1. The minimum absolute atomic E-state index is 0.0570. The van der Waals surface area contributed by atoms with Gasteiger partial charge >= 0.3 is 12.1 Å². The first-order valence-corrected chi connectivity index (χ1v) is 6.66. The number of hydrogen-bond donors (Lipinski definition) is 1. The Morgan fingerprint density at radius 3 is 2.71 bits per heavy atom. The molecule has 0 aliphatic carbocycles. The molecule has 1 aliphatic rings. The average Bonchev–Trinajstić information content (AvgIpc) is 2.46. The number of methoxy groups -OCH3 is 1. The van der Waals surface area contributed by atoms with Crippen LogP contribution in [0.1, 0.15) is 29.6 Å². The van der Waals surface area contributed by atoms with E-state index in [-0.39, 0.29) is 17.7 Å².